The molecular weight excluding hydrogens is 242 g/mol. The molecule has 0 saturated heterocycles. The second-order valence-electron chi connectivity index (χ2n) is 4.37. The first-order valence-corrected chi connectivity index (χ1v) is 5.88. The van der Waals surface area contributed by atoms with Gasteiger partial charge in [0.2, 0.25) is 0 Å². The van der Waals surface area contributed by atoms with Crippen LogP contribution >= 0.6 is 0 Å². The maximum Gasteiger partial charge on any atom is 0.170 e. The van der Waals surface area contributed by atoms with Crippen LogP contribution in [0.3, 0.4) is 0 Å². The third kappa shape index (κ3) is 3.04. The molecule has 2 aromatic rings. The number of aryl methyl sites for hydroxylation is 1. The molecule has 0 unspecified atom stereocenters. The number of anilines is 1. The molecule has 1 heterocycles. The third-order valence-electron chi connectivity index (χ3n) is 2.86. The highest BCUT2D eigenvalue weighted by atomic mass is 16.4. The number of aromatic nitrogens is 2. The molecule has 1 aromatic carbocycles. The summed E-state index contributed by atoms with van der Waals surface area (Å²) in [5.41, 5.74) is 8.24. The molecule has 0 spiro atoms. The van der Waals surface area contributed by atoms with Crippen LogP contribution in [-0.4, -0.2) is 27.9 Å². The Morgan fingerprint density at radius 3 is 2.89 bits per heavy atom. The second-order valence-corrected chi connectivity index (χ2v) is 4.37. The molecule has 6 nitrogen and oxygen atoms in total. The van der Waals surface area contributed by atoms with Crippen molar-refractivity contribution in [1.29, 1.82) is 0 Å². The quantitative estimate of drug-likeness (QED) is 0.373. The van der Waals surface area contributed by atoms with Crippen molar-refractivity contribution in [2.24, 2.45) is 17.9 Å². The van der Waals surface area contributed by atoms with Gasteiger partial charge in [0.05, 0.1) is 12.2 Å². The van der Waals surface area contributed by atoms with E-state index in [9.17, 15) is 0 Å². The van der Waals surface area contributed by atoms with Crippen molar-refractivity contribution >= 4 is 11.5 Å². The first-order chi connectivity index (χ1) is 9.10. The molecule has 6 heteroatoms. The summed E-state index contributed by atoms with van der Waals surface area (Å²) in [7, 11) is 3.86. The Morgan fingerprint density at radius 1 is 1.47 bits per heavy atom. The van der Waals surface area contributed by atoms with Gasteiger partial charge in [-0.05, 0) is 18.2 Å². The molecule has 0 aliphatic carbocycles. The number of amidine groups is 1. The molecule has 0 bridgehead atoms. The van der Waals surface area contributed by atoms with Crippen molar-refractivity contribution in [1.82, 2.24) is 9.78 Å². The minimum atomic E-state index is 0.105. The standard InChI is InChI=1S/C13H17N5O/c1-17(9-11-6-7-18(2)15-11)12-5-3-4-10(8-12)13(14)16-19/h3-8,19H,9H2,1-2H3,(H2,14,16). The molecule has 2 rings (SSSR count). The summed E-state index contributed by atoms with van der Waals surface area (Å²) >= 11 is 0. The maximum absolute atomic E-state index is 8.69. The van der Waals surface area contributed by atoms with Crippen molar-refractivity contribution in [2.75, 3.05) is 11.9 Å². The summed E-state index contributed by atoms with van der Waals surface area (Å²) in [5, 5.41) is 16.0. The highest BCUT2D eigenvalue weighted by Gasteiger charge is 2.06. The molecule has 19 heavy (non-hydrogen) atoms. The van der Waals surface area contributed by atoms with E-state index in [0.29, 0.717) is 12.1 Å². The number of oxime groups is 1. The Hall–Kier alpha value is -2.50. The second kappa shape index (κ2) is 5.43. The molecule has 0 atom stereocenters. The monoisotopic (exact) mass is 259 g/mol. The summed E-state index contributed by atoms with van der Waals surface area (Å²) in [6, 6.07) is 9.49. The first kappa shape index (κ1) is 12.9. The summed E-state index contributed by atoms with van der Waals surface area (Å²) in [4.78, 5) is 2.05. The van der Waals surface area contributed by atoms with E-state index in [2.05, 4.69) is 15.2 Å². The van der Waals surface area contributed by atoms with Crippen LogP contribution in [0.2, 0.25) is 0 Å². The predicted octanol–water partition coefficient (Wildman–Crippen LogP) is 1.15. The lowest BCUT2D eigenvalue weighted by Gasteiger charge is -2.18. The van der Waals surface area contributed by atoms with Gasteiger partial charge in [-0.3, -0.25) is 4.68 Å². The van der Waals surface area contributed by atoms with Gasteiger partial charge in [-0.2, -0.15) is 5.10 Å². The summed E-state index contributed by atoms with van der Waals surface area (Å²) in [6.07, 6.45) is 1.91. The van der Waals surface area contributed by atoms with Gasteiger partial charge in [0.1, 0.15) is 0 Å². The lowest BCUT2D eigenvalue weighted by molar-refractivity contribution is 0.318. The van der Waals surface area contributed by atoms with Gasteiger partial charge >= 0.3 is 0 Å². The van der Waals surface area contributed by atoms with E-state index in [0.717, 1.165) is 11.4 Å². The Labute approximate surface area is 111 Å². The lowest BCUT2D eigenvalue weighted by Crippen LogP contribution is -2.18. The maximum atomic E-state index is 8.69. The van der Waals surface area contributed by atoms with Crippen LogP contribution in [0.25, 0.3) is 0 Å². The minimum Gasteiger partial charge on any atom is -0.409 e. The van der Waals surface area contributed by atoms with Gasteiger partial charge in [-0.1, -0.05) is 17.3 Å². The lowest BCUT2D eigenvalue weighted by atomic mass is 10.1. The average Bonchev–Trinajstić information content (AvgIpc) is 2.83. The Morgan fingerprint density at radius 2 is 2.26 bits per heavy atom. The number of rotatable bonds is 4. The van der Waals surface area contributed by atoms with E-state index in [-0.39, 0.29) is 5.84 Å². The van der Waals surface area contributed by atoms with Gasteiger partial charge in [0.15, 0.2) is 5.84 Å². The minimum absolute atomic E-state index is 0.105. The van der Waals surface area contributed by atoms with E-state index in [1.807, 2.05) is 44.6 Å². The van der Waals surface area contributed by atoms with Gasteiger partial charge in [-0.25, -0.2) is 0 Å². The Kier molecular flexibility index (Phi) is 3.70. The first-order valence-electron chi connectivity index (χ1n) is 5.88. The van der Waals surface area contributed by atoms with Crippen LogP contribution in [0.1, 0.15) is 11.3 Å². The predicted molar refractivity (Wildman–Crippen MR) is 74.3 cm³/mol. The van der Waals surface area contributed by atoms with Crippen LogP contribution in [0.4, 0.5) is 5.69 Å². The van der Waals surface area contributed by atoms with Gasteiger partial charge in [-0.15, -0.1) is 0 Å². The normalized spacial score (nSPS) is 11.6. The highest BCUT2D eigenvalue weighted by molar-refractivity contribution is 5.97. The van der Waals surface area contributed by atoms with Crippen LogP contribution in [0.5, 0.6) is 0 Å². The fourth-order valence-corrected chi connectivity index (χ4v) is 1.84. The zero-order chi connectivity index (χ0) is 13.8. The van der Waals surface area contributed by atoms with Crippen molar-refractivity contribution < 1.29 is 5.21 Å². The third-order valence-corrected chi connectivity index (χ3v) is 2.86. The van der Waals surface area contributed by atoms with Crippen LogP contribution < -0.4 is 10.6 Å². The molecule has 0 radical (unpaired) electrons. The zero-order valence-electron chi connectivity index (χ0n) is 11.0. The molecule has 0 aliphatic rings. The number of hydrogen-bond acceptors (Lipinski definition) is 4. The van der Waals surface area contributed by atoms with Crippen LogP contribution in [0, 0.1) is 0 Å². The Bertz CT molecular complexity index is 590. The Balaban J connectivity index is 2.17. The fraction of sp³-hybridized carbons (Fsp3) is 0.231. The zero-order valence-corrected chi connectivity index (χ0v) is 11.0. The molecule has 1 aromatic heterocycles. The van der Waals surface area contributed by atoms with Crippen LogP contribution in [0.15, 0.2) is 41.7 Å². The topological polar surface area (TPSA) is 79.7 Å². The molecule has 0 saturated carbocycles. The van der Waals surface area contributed by atoms with Gasteiger partial charge in [0, 0.05) is 31.5 Å². The summed E-state index contributed by atoms with van der Waals surface area (Å²) in [6.45, 7) is 0.695. The van der Waals surface area contributed by atoms with E-state index in [1.165, 1.54) is 0 Å². The van der Waals surface area contributed by atoms with E-state index in [4.69, 9.17) is 10.9 Å². The van der Waals surface area contributed by atoms with Crippen molar-refractivity contribution in [3.8, 4) is 0 Å². The number of nitrogens with two attached hydrogens (primary N) is 1. The number of benzene rings is 1. The molecular formula is C13H17N5O. The largest absolute Gasteiger partial charge is 0.409 e. The SMILES string of the molecule is CN(Cc1ccn(C)n1)c1cccc(/C(N)=N/O)c1. The highest BCUT2D eigenvalue weighted by Crippen LogP contribution is 2.16. The summed E-state index contributed by atoms with van der Waals surface area (Å²) in [5.74, 6) is 0.105. The summed E-state index contributed by atoms with van der Waals surface area (Å²) < 4.78 is 1.77. The molecule has 3 N–H and O–H groups in total. The molecule has 0 fully saturated rings. The number of hydrogen-bond donors (Lipinski definition) is 2. The van der Waals surface area contributed by atoms with E-state index < -0.39 is 0 Å². The average molecular weight is 259 g/mol. The molecule has 100 valence electrons. The smallest absolute Gasteiger partial charge is 0.170 e. The molecule has 0 aliphatic heterocycles. The number of nitrogens with zero attached hydrogens (tertiary/aromatic N) is 4. The van der Waals surface area contributed by atoms with Crippen molar-refractivity contribution in [3.63, 3.8) is 0 Å². The van der Waals surface area contributed by atoms with Crippen molar-refractivity contribution in [2.45, 2.75) is 6.54 Å². The molecule has 0 amide bonds. The van der Waals surface area contributed by atoms with Crippen molar-refractivity contribution in [3.05, 3.63) is 47.8 Å². The van der Waals surface area contributed by atoms with Crippen LogP contribution in [-0.2, 0) is 13.6 Å². The van der Waals surface area contributed by atoms with Gasteiger partial charge < -0.3 is 15.8 Å². The van der Waals surface area contributed by atoms with Gasteiger partial charge in [0.25, 0.3) is 0 Å². The van der Waals surface area contributed by atoms with E-state index >= 15 is 0 Å². The van der Waals surface area contributed by atoms with E-state index in [1.54, 1.807) is 10.7 Å². The fourth-order valence-electron chi connectivity index (χ4n) is 1.84.